The minimum atomic E-state index is -0.388. The Balaban J connectivity index is 2.15. The first-order valence-corrected chi connectivity index (χ1v) is 6.59. The van der Waals surface area contributed by atoms with Crippen LogP contribution in [-0.4, -0.2) is 28.3 Å². The van der Waals surface area contributed by atoms with Gasteiger partial charge in [-0.1, -0.05) is 15.9 Å². The molecule has 3 amide bonds. The van der Waals surface area contributed by atoms with Crippen LogP contribution < -0.4 is 10.2 Å². The van der Waals surface area contributed by atoms with Crippen LogP contribution in [0.2, 0.25) is 0 Å². The van der Waals surface area contributed by atoms with Gasteiger partial charge in [0.1, 0.15) is 0 Å². The zero-order chi connectivity index (χ0) is 13.6. The van der Waals surface area contributed by atoms with E-state index in [0.29, 0.717) is 13.0 Å². The van der Waals surface area contributed by atoms with E-state index in [0.717, 1.165) is 21.1 Å². The van der Waals surface area contributed by atoms with Crippen molar-refractivity contribution < 1.29 is 9.59 Å². The van der Waals surface area contributed by atoms with Crippen molar-refractivity contribution >= 4 is 44.5 Å². The maximum atomic E-state index is 11.9. The molecule has 1 fully saturated rings. The first-order chi connectivity index (χ1) is 9.08. The highest BCUT2D eigenvalue weighted by molar-refractivity contribution is 9.10. The maximum Gasteiger partial charge on any atom is 0.328 e. The summed E-state index contributed by atoms with van der Waals surface area (Å²) in [6.45, 7) is 0.382. The lowest BCUT2D eigenvalue weighted by Crippen LogP contribution is -2.49. The molecule has 1 aliphatic rings. The molecule has 1 saturated heterocycles. The summed E-state index contributed by atoms with van der Waals surface area (Å²) < 4.78 is 2.65. The van der Waals surface area contributed by atoms with E-state index in [4.69, 9.17) is 0 Å². The number of aromatic nitrogens is 2. The minimum Gasteiger partial charge on any atom is -0.291 e. The van der Waals surface area contributed by atoms with Gasteiger partial charge in [0.2, 0.25) is 5.91 Å². The van der Waals surface area contributed by atoms with Gasteiger partial charge >= 0.3 is 6.03 Å². The van der Waals surface area contributed by atoms with Crippen molar-refractivity contribution in [1.29, 1.82) is 0 Å². The van der Waals surface area contributed by atoms with Crippen molar-refractivity contribution in [2.45, 2.75) is 6.42 Å². The van der Waals surface area contributed by atoms with Crippen molar-refractivity contribution in [3.05, 3.63) is 22.8 Å². The van der Waals surface area contributed by atoms with Gasteiger partial charge in [-0.2, -0.15) is 5.10 Å². The van der Waals surface area contributed by atoms with Gasteiger partial charge in [0.15, 0.2) is 0 Å². The Morgan fingerprint density at radius 2 is 2.16 bits per heavy atom. The Bertz CT molecular complexity index is 694. The number of hydrogen-bond acceptors (Lipinski definition) is 3. The number of imide groups is 1. The van der Waals surface area contributed by atoms with Gasteiger partial charge in [0.25, 0.3) is 0 Å². The van der Waals surface area contributed by atoms with Gasteiger partial charge in [-0.05, 0) is 12.1 Å². The zero-order valence-electron chi connectivity index (χ0n) is 10.2. The molecule has 6 nitrogen and oxygen atoms in total. The SMILES string of the molecule is Cn1ncc2c(Br)ccc(N3CCC(=O)NC3=O)c21. The average Bonchev–Trinajstić information content (AvgIpc) is 2.75. The smallest absolute Gasteiger partial charge is 0.291 e. The molecular formula is C12H11BrN4O2. The van der Waals surface area contributed by atoms with Crippen LogP contribution in [0.4, 0.5) is 10.5 Å². The molecule has 2 aromatic rings. The van der Waals surface area contributed by atoms with Gasteiger partial charge in [-0.3, -0.25) is 19.7 Å². The highest BCUT2D eigenvalue weighted by atomic mass is 79.9. The number of benzene rings is 1. The summed E-state index contributed by atoms with van der Waals surface area (Å²) >= 11 is 3.47. The molecule has 0 unspecified atom stereocenters. The molecule has 1 N–H and O–H groups in total. The van der Waals surface area contributed by atoms with Crippen LogP contribution in [0.1, 0.15) is 6.42 Å². The molecule has 3 rings (SSSR count). The quantitative estimate of drug-likeness (QED) is 0.870. The summed E-state index contributed by atoms with van der Waals surface area (Å²) in [7, 11) is 1.82. The lowest BCUT2D eigenvalue weighted by molar-refractivity contribution is -0.120. The molecule has 0 radical (unpaired) electrons. The van der Waals surface area contributed by atoms with Crippen molar-refractivity contribution in [3.8, 4) is 0 Å². The highest BCUT2D eigenvalue weighted by Crippen LogP contribution is 2.32. The van der Waals surface area contributed by atoms with E-state index < -0.39 is 0 Å². The molecule has 7 heteroatoms. The number of amides is 3. The number of rotatable bonds is 1. The number of halogens is 1. The summed E-state index contributed by atoms with van der Waals surface area (Å²) in [5.74, 6) is -0.236. The Morgan fingerprint density at radius 3 is 2.89 bits per heavy atom. The fourth-order valence-corrected chi connectivity index (χ4v) is 2.67. The van der Waals surface area contributed by atoms with E-state index in [9.17, 15) is 9.59 Å². The summed E-state index contributed by atoms with van der Waals surface area (Å²) in [6, 6.07) is 3.34. The van der Waals surface area contributed by atoms with Crippen LogP contribution in [0.3, 0.4) is 0 Å². The molecule has 19 heavy (non-hydrogen) atoms. The average molecular weight is 323 g/mol. The second-order valence-electron chi connectivity index (χ2n) is 4.35. The van der Waals surface area contributed by atoms with Crippen LogP contribution in [0.25, 0.3) is 10.9 Å². The predicted octanol–water partition coefficient (Wildman–Crippen LogP) is 1.78. The first-order valence-electron chi connectivity index (χ1n) is 5.79. The Kier molecular flexibility index (Phi) is 2.78. The highest BCUT2D eigenvalue weighted by Gasteiger charge is 2.26. The Labute approximate surface area is 117 Å². The molecule has 0 bridgehead atoms. The van der Waals surface area contributed by atoms with Gasteiger partial charge in [-0.25, -0.2) is 4.79 Å². The maximum absolute atomic E-state index is 11.9. The van der Waals surface area contributed by atoms with Crippen LogP contribution in [0.15, 0.2) is 22.8 Å². The summed E-state index contributed by atoms with van der Waals surface area (Å²) in [4.78, 5) is 24.7. The lowest BCUT2D eigenvalue weighted by Gasteiger charge is -2.27. The second kappa shape index (κ2) is 4.34. The number of anilines is 1. The molecule has 0 aliphatic carbocycles. The number of hydrogen-bond donors (Lipinski definition) is 1. The molecule has 0 spiro atoms. The predicted molar refractivity (Wildman–Crippen MR) is 73.9 cm³/mol. The number of fused-ring (bicyclic) bond motifs is 1. The third-order valence-corrected chi connectivity index (χ3v) is 3.86. The fourth-order valence-electron chi connectivity index (χ4n) is 2.25. The van der Waals surface area contributed by atoms with Crippen LogP contribution in [-0.2, 0) is 11.8 Å². The van der Waals surface area contributed by atoms with E-state index in [-0.39, 0.29) is 11.9 Å². The van der Waals surface area contributed by atoms with Gasteiger partial charge in [-0.15, -0.1) is 0 Å². The van der Waals surface area contributed by atoms with Crippen molar-refractivity contribution in [2.24, 2.45) is 7.05 Å². The van der Waals surface area contributed by atoms with Crippen LogP contribution in [0.5, 0.6) is 0 Å². The standard InChI is InChI=1S/C12H11BrN4O2/c1-16-11-7(6-14-16)8(13)2-3-9(11)17-5-4-10(18)15-12(17)19/h2-3,6H,4-5H2,1H3,(H,15,18,19). The van der Waals surface area contributed by atoms with E-state index in [1.807, 2.05) is 19.2 Å². The largest absolute Gasteiger partial charge is 0.328 e. The Hall–Kier alpha value is -1.89. The van der Waals surface area contributed by atoms with Gasteiger partial charge < -0.3 is 0 Å². The van der Waals surface area contributed by atoms with Crippen LogP contribution >= 0.6 is 15.9 Å². The van der Waals surface area contributed by atoms with E-state index in [1.54, 1.807) is 15.8 Å². The van der Waals surface area contributed by atoms with Crippen molar-refractivity contribution in [1.82, 2.24) is 15.1 Å². The molecule has 0 saturated carbocycles. The molecule has 0 atom stereocenters. The monoisotopic (exact) mass is 322 g/mol. The third kappa shape index (κ3) is 1.90. The van der Waals surface area contributed by atoms with Crippen molar-refractivity contribution in [3.63, 3.8) is 0 Å². The molecule has 98 valence electrons. The van der Waals surface area contributed by atoms with E-state index in [1.165, 1.54) is 0 Å². The molecule has 1 aromatic carbocycles. The number of nitrogens with one attached hydrogen (secondary N) is 1. The number of carbonyl (C=O) groups is 2. The van der Waals surface area contributed by atoms with Crippen molar-refractivity contribution in [2.75, 3.05) is 11.4 Å². The van der Waals surface area contributed by atoms with E-state index in [2.05, 4.69) is 26.3 Å². The van der Waals surface area contributed by atoms with E-state index >= 15 is 0 Å². The molecule has 2 heterocycles. The number of nitrogens with zero attached hydrogens (tertiary/aromatic N) is 3. The molecule has 1 aliphatic heterocycles. The second-order valence-corrected chi connectivity index (χ2v) is 5.21. The third-order valence-electron chi connectivity index (χ3n) is 3.17. The molecular weight excluding hydrogens is 312 g/mol. The minimum absolute atomic E-state index is 0.236. The number of aryl methyl sites for hydroxylation is 1. The first kappa shape index (κ1) is 12.2. The van der Waals surface area contributed by atoms with Crippen LogP contribution in [0, 0.1) is 0 Å². The number of carbonyl (C=O) groups excluding carboxylic acids is 2. The normalized spacial score (nSPS) is 16.0. The molecule has 1 aromatic heterocycles. The summed E-state index contributed by atoms with van der Waals surface area (Å²) in [6.07, 6.45) is 2.05. The number of urea groups is 1. The lowest BCUT2D eigenvalue weighted by atomic mass is 10.2. The zero-order valence-corrected chi connectivity index (χ0v) is 11.8. The van der Waals surface area contributed by atoms with Gasteiger partial charge in [0, 0.05) is 29.9 Å². The Morgan fingerprint density at radius 1 is 1.37 bits per heavy atom. The van der Waals surface area contributed by atoms with Gasteiger partial charge in [0.05, 0.1) is 17.4 Å². The topological polar surface area (TPSA) is 67.2 Å². The fraction of sp³-hybridized carbons (Fsp3) is 0.250. The summed E-state index contributed by atoms with van der Waals surface area (Å²) in [5.41, 5.74) is 1.61. The summed E-state index contributed by atoms with van der Waals surface area (Å²) in [5, 5.41) is 7.47.